The average Bonchev–Trinajstić information content (AvgIpc) is 2.65. The van der Waals surface area contributed by atoms with E-state index in [0.29, 0.717) is 11.8 Å². The minimum atomic E-state index is 0.491. The van der Waals surface area contributed by atoms with Gasteiger partial charge in [-0.15, -0.1) is 0 Å². The highest BCUT2D eigenvalue weighted by molar-refractivity contribution is 9.10. The molecule has 1 aromatic heterocycles. The molecule has 5 heteroatoms. The summed E-state index contributed by atoms with van der Waals surface area (Å²) in [5.74, 6) is 1.88. The lowest BCUT2D eigenvalue weighted by molar-refractivity contribution is 0.577. The van der Waals surface area contributed by atoms with Gasteiger partial charge in [-0.25, -0.2) is 4.98 Å². The van der Waals surface area contributed by atoms with E-state index in [-0.39, 0.29) is 0 Å². The molecule has 0 unspecified atom stereocenters. The molecule has 1 saturated carbocycles. The summed E-state index contributed by atoms with van der Waals surface area (Å²) in [7, 11) is 0. The highest BCUT2D eigenvalue weighted by Crippen LogP contribution is 2.24. The number of nitrogens with two attached hydrogens (primary N) is 1. The predicted octanol–water partition coefficient (Wildman–Crippen LogP) is 2.42. The van der Waals surface area contributed by atoms with Crippen molar-refractivity contribution in [3.05, 3.63) is 10.7 Å². The number of halogens is 1. The second-order valence-electron chi connectivity index (χ2n) is 3.97. The van der Waals surface area contributed by atoms with Gasteiger partial charge in [-0.2, -0.15) is 4.98 Å². The molecule has 0 spiro atoms. The Morgan fingerprint density at radius 3 is 2.80 bits per heavy atom. The summed E-state index contributed by atoms with van der Waals surface area (Å²) in [6.07, 6.45) is 5.34. The van der Waals surface area contributed by atoms with Crippen molar-refractivity contribution in [1.82, 2.24) is 9.97 Å². The van der Waals surface area contributed by atoms with Crippen LogP contribution in [0.25, 0.3) is 0 Å². The van der Waals surface area contributed by atoms with Crippen LogP contribution in [-0.2, 0) is 0 Å². The van der Waals surface area contributed by atoms with Gasteiger partial charge in [-0.05, 0) is 34.7 Å². The second-order valence-corrected chi connectivity index (χ2v) is 4.78. The monoisotopic (exact) mass is 270 g/mol. The van der Waals surface area contributed by atoms with E-state index in [9.17, 15) is 0 Å². The summed E-state index contributed by atoms with van der Waals surface area (Å²) in [6, 6.07) is 1.70. The van der Waals surface area contributed by atoms with Gasteiger partial charge in [0.1, 0.15) is 10.4 Å². The minimum Gasteiger partial charge on any atom is -0.383 e. The van der Waals surface area contributed by atoms with E-state index < -0.39 is 0 Å². The largest absolute Gasteiger partial charge is 0.383 e. The van der Waals surface area contributed by atoms with E-state index in [1.54, 1.807) is 6.07 Å². The van der Waals surface area contributed by atoms with Crippen molar-refractivity contribution in [2.45, 2.75) is 25.7 Å². The summed E-state index contributed by atoms with van der Waals surface area (Å²) in [5, 5.41) is 3.24. The molecule has 2 rings (SSSR count). The van der Waals surface area contributed by atoms with Crippen LogP contribution in [0.3, 0.4) is 0 Å². The van der Waals surface area contributed by atoms with Crippen molar-refractivity contribution in [2.24, 2.45) is 5.92 Å². The Balaban J connectivity index is 1.92. The molecule has 1 aromatic rings. The SMILES string of the molecule is Nc1cc(Br)nc(NCC2CCCC2)n1. The molecule has 0 bridgehead atoms. The van der Waals surface area contributed by atoms with Crippen LogP contribution in [0.5, 0.6) is 0 Å². The molecule has 82 valence electrons. The van der Waals surface area contributed by atoms with Gasteiger partial charge in [0.05, 0.1) is 0 Å². The quantitative estimate of drug-likeness (QED) is 0.829. The minimum absolute atomic E-state index is 0.491. The molecule has 0 amide bonds. The highest BCUT2D eigenvalue weighted by Gasteiger charge is 2.14. The Bertz CT molecular complexity index is 316. The normalized spacial score (nSPS) is 16.9. The second kappa shape index (κ2) is 4.79. The first-order valence-corrected chi connectivity index (χ1v) is 6.07. The van der Waals surface area contributed by atoms with Crippen LogP contribution in [0, 0.1) is 5.92 Å². The number of nitrogen functional groups attached to an aromatic ring is 1. The molecule has 1 fully saturated rings. The molecule has 0 aromatic carbocycles. The van der Waals surface area contributed by atoms with Gasteiger partial charge in [0, 0.05) is 12.6 Å². The van der Waals surface area contributed by atoms with E-state index in [1.165, 1.54) is 25.7 Å². The Kier molecular flexibility index (Phi) is 3.41. The van der Waals surface area contributed by atoms with Crippen molar-refractivity contribution >= 4 is 27.7 Å². The number of hydrogen-bond donors (Lipinski definition) is 2. The summed E-state index contributed by atoms with van der Waals surface area (Å²) in [4.78, 5) is 8.33. The summed E-state index contributed by atoms with van der Waals surface area (Å²) >= 11 is 3.30. The summed E-state index contributed by atoms with van der Waals surface area (Å²) in [6.45, 7) is 0.954. The number of nitrogens with zero attached hydrogens (tertiary/aromatic N) is 2. The molecule has 0 aliphatic heterocycles. The Morgan fingerprint density at radius 2 is 2.13 bits per heavy atom. The fraction of sp³-hybridized carbons (Fsp3) is 0.600. The van der Waals surface area contributed by atoms with Gasteiger partial charge in [-0.3, -0.25) is 0 Å². The molecule has 0 atom stereocenters. The molecule has 15 heavy (non-hydrogen) atoms. The van der Waals surface area contributed by atoms with E-state index in [1.807, 2.05) is 0 Å². The maximum absolute atomic E-state index is 5.62. The average molecular weight is 271 g/mol. The number of nitrogens with one attached hydrogen (secondary N) is 1. The maximum Gasteiger partial charge on any atom is 0.225 e. The molecule has 0 radical (unpaired) electrons. The fourth-order valence-electron chi connectivity index (χ4n) is 1.96. The Hall–Kier alpha value is -0.840. The highest BCUT2D eigenvalue weighted by atomic mass is 79.9. The smallest absolute Gasteiger partial charge is 0.225 e. The van der Waals surface area contributed by atoms with Gasteiger partial charge >= 0.3 is 0 Å². The van der Waals surface area contributed by atoms with E-state index in [2.05, 4.69) is 31.2 Å². The lowest BCUT2D eigenvalue weighted by Gasteiger charge is -2.10. The number of anilines is 2. The van der Waals surface area contributed by atoms with Crippen LogP contribution in [-0.4, -0.2) is 16.5 Å². The zero-order valence-corrected chi connectivity index (χ0v) is 10.1. The standard InChI is InChI=1S/C10H15BrN4/c11-8-5-9(12)15-10(14-8)13-6-7-3-1-2-4-7/h5,7H,1-4,6H2,(H3,12,13,14,15). The third kappa shape index (κ3) is 3.06. The first-order valence-electron chi connectivity index (χ1n) is 5.28. The molecule has 3 N–H and O–H groups in total. The molecule has 4 nitrogen and oxygen atoms in total. The molecule has 1 aliphatic carbocycles. The van der Waals surface area contributed by atoms with Crippen molar-refractivity contribution in [2.75, 3.05) is 17.6 Å². The van der Waals surface area contributed by atoms with Crippen LogP contribution >= 0.6 is 15.9 Å². The van der Waals surface area contributed by atoms with E-state index in [0.717, 1.165) is 17.1 Å². The Morgan fingerprint density at radius 1 is 1.40 bits per heavy atom. The zero-order valence-electron chi connectivity index (χ0n) is 8.54. The lowest BCUT2D eigenvalue weighted by Crippen LogP contribution is -2.13. The molecular formula is C10H15BrN4. The van der Waals surface area contributed by atoms with Crippen molar-refractivity contribution in [3.63, 3.8) is 0 Å². The molecule has 1 aliphatic rings. The third-order valence-electron chi connectivity index (χ3n) is 2.74. The zero-order chi connectivity index (χ0) is 10.7. The van der Waals surface area contributed by atoms with Gasteiger partial charge < -0.3 is 11.1 Å². The van der Waals surface area contributed by atoms with Crippen LogP contribution < -0.4 is 11.1 Å². The topological polar surface area (TPSA) is 63.8 Å². The van der Waals surface area contributed by atoms with Gasteiger partial charge in [0.15, 0.2) is 0 Å². The number of rotatable bonds is 3. The van der Waals surface area contributed by atoms with Gasteiger partial charge in [0.25, 0.3) is 0 Å². The van der Waals surface area contributed by atoms with Crippen LogP contribution in [0.15, 0.2) is 10.7 Å². The first-order chi connectivity index (χ1) is 7.24. The fourth-order valence-corrected chi connectivity index (χ4v) is 2.37. The Labute approximate surface area is 97.8 Å². The van der Waals surface area contributed by atoms with E-state index in [4.69, 9.17) is 5.73 Å². The molecule has 1 heterocycles. The predicted molar refractivity (Wildman–Crippen MR) is 64.6 cm³/mol. The first kappa shape index (κ1) is 10.7. The molecular weight excluding hydrogens is 256 g/mol. The lowest BCUT2D eigenvalue weighted by atomic mass is 10.1. The summed E-state index contributed by atoms with van der Waals surface area (Å²) < 4.78 is 0.726. The van der Waals surface area contributed by atoms with Crippen LogP contribution in [0.4, 0.5) is 11.8 Å². The molecule has 0 saturated heterocycles. The third-order valence-corrected chi connectivity index (χ3v) is 3.14. The summed E-state index contributed by atoms with van der Waals surface area (Å²) in [5.41, 5.74) is 5.62. The van der Waals surface area contributed by atoms with Crippen LogP contribution in [0.1, 0.15) is 25.7 Å². The number of hydrogen-bond acceptors (Lipinski definition) is 4. The van der Waals surface area contributed by atoms with Gasteiger partial charge in [0.2, 0.25) is 5.95 Å². The van der Waals surface area contributed by atoms with Crippen LogP contribution in [0.2, 0.25) is 0 Å². The van der Waals surface area contributed by atoms with Crippen molar-refractivity contribution < 1.29 is 0 Å². The van der Waals surface area contributed by atoms with E-state index >= 15 is 0 Å². The van der Waals surface area contributed by atoms with Crippen molar-refractivity contribution in [3.8, 4) is 0 Å². The maximum atomic E-state index is 5.62. The number of aromatic nitrogens is 2. The van der Waals surface area contributed by atoms with Gasteiger partial charge in [-0.1, -0.05) is 12.8 Å². The van der Waals surface area contributed by atoms with Crippen molar-refractivity contribution in [1.29, 1.82) is 0 Å².